The minimum absolute atomic E-state index is 0.344. The van der Waals surface area contributed by atoms with Crippen molar-refractivity contribution in [2.75, 3.05) is 0 Å². The molecule has 1 unspecified atom stereocenters. The van der Waals surface area contributed by atoms with Gasteiger partial charge in [-0.15, -0.1) is 0 Å². The van der Waals surface area contributed by atoms with Gasteiger partial charge in [0.1, 0.15) is 10.4 Å². The van der Waals surface area contributed by atoms with Crippen molar-refractivity contribution in [1.82, 2.24) is 0 Å². The molecule has 4 heteroatoms. The van der Waals surface area contributed by atoms with Gasteiger partial charge >= 0.3 is 0 Å². The highest BCUT2D eigenvalue weighted by Crippen LogP contribution is 2.39. The first kappa shape index (κ1) is 8.66. The number of rotatable bonds is 0. The van der Waals surface area contributed by atoms with Crippen LogP contribution in [-0.4, -0.2) is 15.5 Å². The molecule has 0 saturated heterocycles. The molecule has 1 N–H and O–H groups in total. The molecule has 0 saturated carbocycles. The van der Waals surface area contributed by atoms with E-state index >= 15 is 0 Å². The maximum Gasteiger partial charge on any atom is 0.149 e. The molecule has 0 aliphatic heterocycles. The lowest BCUT2D eigenvalue weighted by atomic mass is 10.0. The molecule has 10 heavy (non-hydrogen) atoms. The van der Waals surface area contributed by atoms with Gasteiger partial charge in [-0.25, -0.2) is 0 Å². The highest BCUT2D eigenvalue weighted by atomic mass is 35.5. The van der Waals surface area contributed by atoms with Crippen LogP contribution in [0.25, 0.3) is 0 Å². The maximum atomic E-state index is 9.24. The zero-order chi connectivity index (χ0) is 7.78. The fourth-order valence-electron chi connectivity index (χ4n) is 0.853. The first-order chi connectivity index (χ1) is 4.54. The van der Waals surface area contributed by atoms with Crippen LogP contribution in [0, 0.1) is 0 Å². The molecule has 0 bridgehead atoms. The summed E-state index contributed by atoms with van der Waals surface area (Å²) in [5.41, 5.74) is 0. The van der Waals surface area contributed by atoms with Crippen LogP contribution in [0.5, 0.6) is 0 Å². The summed E-state index contributed by atoms with van der Waals surface area (Å²) in [5.74, 6) is 0. The number of alkyl halides is 2. The molecule has 1 aliphatic rings. The minimum Gasteiger partial charge on any atom is -0.384 e. The number of aliphatic hydroxyl groups excluding tert-OH is 1. The van der Waals surface area contributed by atoms with Crippen molar-refractivity contribution in [1.29, 1.82) is 0 Å². The predicted molar refractivity (Wildman–Crippen MR) is 43.6 cm³/mol. The van der Waals surface area contributed by atoms with Gasteiger partial charge in [0, 0.05) is 5.03 Å². The lowest BCUT2D eigenvalue weighted by Gasteiger charge is -2.28. The third-order valence-electron chi connectivity index (χ3n) is 1.48. The SMILES string of the molecule is OC1C(Cl)=CCCC1(Cl)Cl. The van der Waals surface area contributed by atoms with Crippen LogP contribution < -0.4 is 0 Å². The topological polar surface area (TPSA) is 20.2 Å². The third kappa shape index (κ3) is 1.59. The second-order valence-corrected chi connectivity index (χ2v) is 4.27. The van der Waals surface area contributed by atoms with Crippen molar-refractivity contribution in [3.05, 3.63) is 11.1 Å². The molecule has 0 aromatic carbocycles. The Kier molecular flexibility index (Phi) is 2.51. The summed E-state index contributed by atoms with van der Waals surface area (Å²) in [6, 6.07) is 0. The second-order valence-electron chi connectivity index (χ2n) is 2.29. The molecule has 0 fully saturated rings. The van der Waals surface area contributed by atoms with Crippen LogP contribution in [0.1, 0.15) is 12.8 Å². The summed E-state index contributed by atoms with van der Waals surface area (Å²) in [6.45, 7) is 0. The van der Waals surface area contributed by atoms with E-state index in [1.54, 1.807) is 6.08 Å². The van der Waals surface area contributed by atoms with Gasteiger partial charge in [0.2, 0.25) is 0 Å². The van der Waals surface area contributed by atoms with E-state index in [9.17, 15) is 5.11 Å². The van der Waals surface area contributed by atoms with Crippen LogP contribution >= 0.6 is 34.8 Å². The van der Waals surface area contributed by atoms with Crippen LogP contribution in [0.15, 0.2) is 11.1 Å². The zero-order valence-corrected chi connectivity index (χ0v) is 7.42. The maximum absolute atomic E-state index is 9.24. The summed E-state index contributed by atoms with van der Waals surface area (Å²) >= 11 is 17.0. The van der Waals surface area contributed by atoms with E-state index < -0.39 is 10.4 Å². The number of allylic oxidation sites excluding steroid dienone is 1. The zero-order valence-electron chi connectivity index (χ0n) is 5.15. The highest BCUT2D eigenvalue weighted by Gasteiger charge is 2.37. The van der Waals surface area contributed by atoms with E-state index in [4.69, 9.17) is 34.8 Å². The number of halogens is 3. The molecule has 1 nitrogen and oxygen atoms in total. The first-order valence-electron chi connectivity index (χ1n) is 2.95. The van der Waals surface area contributed by atoms with Crippen molar-refractivity contribution < 1.29 is 5.11 Å². The summed E-state index contributed by atoms with van der Waals surface area (Å²) in [7, 11) is 0. The fourth-order valence-corrected chi connectivity index (χ4v) is 1.71. The number of aliphatic hydroxyl groups is 1. The monoisotopic (exact) mass is 200 g/mol. The normalized spacial score (nSPS) is 31.6. The Morgan fingerprint density at radius 1 is 1.60 bits per heavy atom. The number of hydrogen-bond donors (Lipinski definition) is 1. The largest absolute Gasteiger partial charge is 0.384 e. The van der Waals surface area contributed by atoms with Crippen molar-refractivity contribution in [2.24, 2.45) is 0 Å². The molecule has 0 radical (unpaired) electrons. The molecule has 0 aromatic rings. The lowest BCUT2D eigenvalue weighted by molar-refractivity contribution is 0.188. The molecule has 0 heterocycles. The van der Waals surface area contributed by atoms with Gasteiger partial charge in [0.15, 0.2) is 0 Å². The van der Waals surface area contributed by atoms with E-state index in [0.717, 1.165) is 6.42 Å². The quantitative estimate of drug-likeness (QED) is 0.597. The van der Waals surface area contributed by atoms with Gasteiger partial charge in [0.25, 0.3) is 0 Å². The van der Waals surface area contributed by atoms with Crippen molar-refractivity contribution in [2.45, 2.75) is 23.3 Å². The Labute approximate surface area is 74.6 Å². The Morgan fingerprint density at radius 2 is 2.20 bits per heavy atom. The van der Waals surface area contributed by atoms with E-state index in [2.05, 4.69) is 0 Å². The minimum atomic E-state index is -1.09. The highest BCUT2D eigenvalue weighted by molar-refractivity contribution is 6.50. The summed E-state index contributed by atoms with van der Waals surface area (Å²) < 4.78 is -1.09. The molecule has 58 valence electrons. The number of hydrogen-bond acceptors (Lipinski definition) is 1. The Morgan fingerprint density at radius 3 is 2.60 bits per heavy atom. The molecular weight excluding hydrogens is 194 g/mol. The summed E-state index contributed by atoms with van der Waals surface area (Å²) in [4.78, 5) is 0. The molecule has 1 aliphatic carbocycles. The summed E-state index contributed by atoms with van der Waals surface area (Å²) in [5, 5.41) is 9.59. The van der Waals surface area contributed by atoms with Gasteiger partial charge < -0.3 is 5.11 Å². The van der Waals surface area contributed by atoms with Crippen molar-refractivity contribution >= 4 is 34.8 Å². The van der Waals surface area contributed by atoms with E-state index in [0.29, 0.717) is 11.5 Å². The average Bonchev–Trinajstić information content (AvgIpc) is 1.83. The standard InChI is InChI=1S/C6H7Cl3O/c7-4-2-1-3-6(8,9)5(4)10/h2,5,10H,1,3H2. The molecule has 0 aromatic heterocycles. The smallest absolute Gasteiger partial charge is 0.149 e. The van der Waals surface area contributed by atoms with Gasteiger partial charge in [0.05, 0.1) is 0 Å². The first-order valence-corrected chi connectivity index (χ1v) is 4.09. The van der Waals surface area contributed by atoms with Gasteiger partial charge in [-0.3, -0.25) is 0 Å². The van der Waals surface area contributed by atoms with E-state index in [1.807, 2.05) is 0 Å². The lowest BCUT2D eigenvalue weighted by Crippen LogP contribution is -2.33. The van der Waals surface area contributed by atoms with Crippen LogP contribution in [0.4, 0.5) is 0 Å². The second kappa shape index (κ2) is 2.90. The van der Waals surface area contributed by atoms with Crippen LogP contribution in [0.2, 0.25) is 0 Å². The summed E-state index contributed by atoms with van der Waals surface area (Å²) in [6.07, 6.45) is 2.08. The van der Waals surface area contributed by atoms with E-state index in [1.165, 1.54) is 0 Å². The Balaban J connectivity index is 2.78. The molecular formula is C6H7Cl3O. The molecule has 1 rings (SSSR count). The fraction of sp³-hybridized carbons (Fsp3) is 0.667. The molecule has 0 amide bonds. The van der Waals surface area contributed by atoms with Crippen molar-refractivity contribution in [3.63, 3.8) is 0 Å². The van der Waals surface area contributed by atoms with Gasteiger partial charge in [-0.2, -0.15) is 0 Å². The van der Waals surface area contributed by atoms with E-state index in [-0.39, 0.29) is 0 Å². The van der Waals surface area contributed by atoms with Crippen LogP contribution in [-0.2, 0) is 0 Å². The third-order valence-corrected chi connectivity index (χ3v) is 2.63. The van der Waals surface area contributed by atoms with Gasteiger partial charge in [-0.05, 0) is 12.8 Å². The predicted octanol–water partition coefficient (Wildman–Crippen LogP) is 2.44. The van der Waals surface area contributed by atoms with Crippen LogP contribution in [0.3, 0.4) is 0 Å². The Hall–Kier alpha value is 0.570. The molecule has 0 spiro atoms. The average molecular weight is 201 g/mol. The van der Waals surface area contributed by atoms with Crippen molar-refractivity contribution in [3.8, 4) is 0 Å². The molecule has 1 atom stereocenters. The van der Waals surface area contributed by atoms with Gasteiger partial charge in [-0.1, -0.05) is 40.9 Å². The Bertz CT molecular complexity index is 164.